The van der Waals surface area contributed by atoms with Crippen LogP contribution < -0.4 is 5.32 Å². The number of nitrogens with one attached hydrogen (secondary N) is 1. The van der Waals surface area contributed by atoms with Crippen molar-refractivity contribution in [1.82, 2.24) is 5.32 Å². The summed E-state index contributed by atoms with van der Waals surface area (Å²) in [5.74, 6) is -0.0782. The van der Waals surface area contributed by atoms with Crippen LogP contribution in [-0.4, -0.2) is 12.5 Å². The second-order valence-corrected chi connectivity index (χ2v) is 3.46. The summed E-state index contributed by atoms with van der Waals surface area (Å²) in [5, 5.41) is 3.67. The van der Waals surface area contributed by atoms with E-state index < -0.39 is 0 Å². The maximum Gasteiger partial charge on any atom is 0.255 e. The van der Waals surface area contributed by atoms with Crippen LogP contribution in [0.2, 0.25) is 0 Å². The molecule has 1 aromatic heterocycles. The first-order valence-electron chi connectivity index (χ1n) is 4.99. The van der Waals surface area contributed by atoms with E-state index in [4.69, 9.17) is 4.42 Å². The van der Waals surface area contributed by atoms with Gasteiger partial charge in [-0.05, 0) is 25.5 Å². The van der Waals surface area contributed by atoms with E-state index in [1.54, 1.807) is 0 Å². The van der Waals surface area contributed by atoms with Crippen LogP contribution in [0.1, 0.15) is 22.8 Å². The van der Waals surface area contributed by atoms with Crippen LogP contribution in [0.5, 0.6) is 0 Å². The minimum Gasteiger partial charge on any atom is -0.463 e. The zero-order chi connectivity index (χ0) is 10.8. The number of rotatable bonds is 2. The third kappa shape index (κ3) is 1.61. The van der Waals surface area contributed by atoms with Crippen LogP contribution >= 0.6 is 0 Å². The van der Waals surface area contributed by atoms with Crippen molar-refractivity contribution in [1.29, 1.82) is 0 Å². The fourth-order valence-electron chi connectivity index (χ4n) is 1.69. The first-order valence-corrected chi connectivity index (χ1v) is 4.99. The summed E-state index contributed by atoms with van der Waals surface area (Å²) in [6.45, 7) is 4.49. The lowest BCUT2D eigenvalue weighted by atomic mass is 10.1. The van der Waals surface area contributed by atoms with Gasteiger partial charge in [0.15, 0.2) is 0 Å². The smallest absolute Gasteiger partial charge is 0.255 e. The van der Waals surface area contributed by atoms with Gasteiger partial charge in [0, 0.05) is 11.9 Å². The largest absolute Gasteiger partial charge is 0.463 e. The average molecular weight is 203 g/mol. The molecule has 1 heterocycles. The lowest BCUT2D eigenvalue weighted by Crippen LogP contribution is -2.22. The van der Waals surface area contributed by atoms with E-state index in [9.17, 15) is 4.79 Å². The number of hydrogen-bond acceptors (Lipinski definition) is 2. The molecule has 1 N–H and O–H groups in total. The number of carbonyl (C=O) groups is 1. The molecule has 0 aliphatic carbocycles. The highest BCUT2D eigenvalue weighted by molar-refractivity contribution is 6.06. The Morgan fingerprint density at radius 1 is 1.47 bits per heavy atom. The van der Waals surface area contributed by atoms with E-state index in [0.717, 1.165) is 16.5 Å². The number of carbonyl (C=O) groups excluding carboxylic acids is 1. The van der Waals surface area contributed by atoms with Crippen molar-refractivity contribution in [3.63, 3.8) is 0 Å². The van der Waals surface area contributed by atoms with Gasteiger partial charge in [0.2, 0.25) is 0 Å². The predicted octanol–water partition coefficient (Wildman–Crippen LogP) is 2.49. The Morgan fingerprint density at radius 2 is 2.27 bits per heavy atom. The number of aryl methyl sites for hydroxylation is 1. The van der Waals surface area contributed by atoms with Crippen LogP contribution in [0.3, 0.4) is 0 Å². The molecular formula is C12H13NO2. The second-order valence-electron chi connectivity index (χ2n) is 3.46. The Kier molecular flexibility index (Phi) is 2.46. The molecule has 0 saturated heterocycles. The first-order chi connectivity index (χ1) is 7.24. The van der Waals surface area contributed by atoms with E-state index in [1.807, 2.05) is 32.0 Å². The molecule has 0 fully saturated rings. The molecule has 0 aliphatic heterocycles. The standard InChI is InChI=1S/C12H13NO2/c1-3-13-12(14)9-7-15-10-6-4-5-8(2)11(9)10/h4-7H,3H2,1-2H3,(H,13,14). The molecule has 15 heavy (non-hydrogen) atoms. The van der Waals surface area contributed by atoms with Gasteiger partial charge in [-0.25, -0.2) is 0 Å². The summed E-state index contributed by atoms with van der Waals surface area (Å²) < 4.78 is 5.34. The third-order valence-corrected chi connectivity index (χ3v) is 2.39. The van der Waals surface area contributed by atoms with Crippen molar-refractivity contribution in [3.8, 4) is 0 Å². The van der Waals surface area contributed by atoms with Crippen LogP contribution in [0, 0.1) is 6.92 Å². The van der Waals surface area contributed by atoms with Gasteiger partial charge in [-0.3, -0.25) is 4.79 Å². The van der Waals surface area contributed by atoms with E-state index in [0.29, 0.717) is 12.1 Å². The van der Waals surface area contributed by atoms with Gasteiger partial charge in [-0.1, -0.05) is 12.1 Å². The fourth-order valence-corrected chi connectivity index (χ4v) is 1.69. The van der Waals surface area contributed by atoms with Crippen molar-refractivity contribution in [2.75, 3.05) is 6.54 Å². The Hall–Kier alpha value is -1.77. The highest BCUT2D eigenvalue weighted by atomic mass is 16.3. The topological polar surface area (TPSA) is 42.2 Å². The number of amides is 1. The quantitative estimate of drug-likeness (QED) is 0.814. The van der Waals surface area contributed by atoms with Crippen molar-refractivity contribution in [2.24, 2.45) is 0 Å². The highest BCUT2D eigenvalue weighted by Gasteiger charge is 2.13. The molecule has 0 bridgehead atoms. The molecular weight excluding hydrogens is 190 g/mol. The molecule has 2 aromatic rings. The zero-order valence-corrected chi connectivity index (χ0v) is 8.83. The highest BCUT2D eigenvalue weighted by Crippen LogP contribution is 2.24. The van der Waals surface area contributed by atoms with Crippen molar-refractivity contribution in [3.05, 3.63) is 35.6 Å². The SMILES string of the molecule is CCNC(=O)c1coc2cccc(C)c12. The van der Waals surface area contributed by atoms with Gasteiger partial charge in [0.1, 0.15) is 11.8 Å². The molecule has 0 unspecified atom stereocenters. The molecule has 3 nitrogen and oxygen atoms in total. The summed E-state index contributed by atoms with van der Waals surface area (Å²) in [6, 6.07) is 5.76. The van der Waals surface area contributed by atoms with Gasteiger partial charge in [-0.2, -0.15) is 0 Å². The molecule has 0 aliphatic rings. The number of fused-ring (bicyclic) bond motifs is 1. The normalized spacial score (nSPS) is 10.5. The van der Waals surface area contributed by atoms with E-state index in [-0.39, 0.29) is 5.91 Å². The van der Waals surface area contributed by atoms with E-state index in [1.165, 1.54) is 6.26 Å². The lowest BCUT2D eigenvalue weighted by molar-refractivity contribution is 0.0956. The number of hydrogen-bond donors (Lipinski definition) is 1. The molecule has 0 radical (unpaired) electrons. The molecule has 78 valence electrons. The Bertz CT molecular complexity index is 499. The second kappa shape index (κ2) is 3.77. The molecule has 0 spiro atoms. The van der Waals surface area contributed by atoms with Crippen LogP contribution in [0.15, 0.2) is 28.9 Å². The van der Waals surface area contributed by atoms with E-state index >= 15 is 0 Å². The van der Waals surface area contributed by atoms with Crippen LogP contribution in [0.25, 0.3) is 11.0 Å². The van der Waals surface area contributed by atoms with Gasteiger partial charge < -0.3 is 9.73 Å². The molecule has 0 atom stereocenters. The van der Waals surface area contributed by atoms with Crippen LogP contribution in [-0.2, 0) is 0 Å². The van der Waals surface area contributed by atoms with Gasteiger partial charge in [-0.15, -0.1) is 0 Å². The van der Waals surface area contributed by atoms with Gasteiger partial charge in [0.05, 0.1) is 5.56 Å². The summed E-state index contributed by atoms with van der Waals surface area (Å²) in [5.41, 5.74) is 2.43. The Morgan fingerprint density at radius 3 is 3.00 bits per heavy atom. The summed E-state index contributed by atoms with van der Waals surface area (Å²) in [6.07, 6.45) is 1.52. The minimum absolute atomic E-state index is 0.0782. The van der Waals surface area contributed by atoms with Gasteiger partial charge >= 0.3 is 0 Å². The summed E-state index contributed by atoms with van der Waals surface area (Å²) in [4.78, 5) is 11.7. The number of furan rings is 1. The molecule has 0 saturated carbocycles. The summed E-state index contributed by atoms with van der Waals surface area (Å²) in [7, 11) is 0. The van der Waals surface area contributed by atoms with Crippen LogP contribution in [0.4, 0.5) is 0 Å². The van der Waals surface area contributed by atoms with Crippen molar-refractivity contribution < 1.29 is 9.21 Å². The number of benzene rings is 1. The molecule has 1 aromatic carbocycles. The molecule has 2 rings (SSSR count). The Labute approximate surface area is 88.1 Å². The summed E-state index contributed by atoms with van der Waals surface area (Å²) >= 11 is 0. The lowest BCUT2D eigenvalue weighted by Gasteiger charge is -2.00. The minimum atomic E-state index is -0.0782. The van der Waals surface area contributed by atoms with Crippen molar-refractivity contribution in [2.45, 2.75) is 13.8 Å². The maximum atomic E-state index is 11.7. The first kappa shape index (κ1) is 9.77. The monoisotopic (exact) mass is 203 g/mol. The fraction of sp³-hybridized carbons (Fsp3) is 0.250. The zero-order valence-electron chi connectivity index (χ0n) is 8.83. The van der Waals surface area contributed by atoms with Gasteiger partial charge in [0.25, 0.3) is 5.91 Å². The third-order valence-electron chi connectivity index (χ3n) is 2.39. The Balaban J connectivity index is 2.57. The van der Waals surface area contributed by atoms with Crippen molar-refractivity contribution >= 4 is 16.9 Å². The maximum absolute atomic E-state index is 11.7. The molecule has 1 amide bonds. The predicted molar refractivity (Wildman–Crippen MR) is 59.0 cm³/mol. The molecule has 3 heteroatoms. The van der Waals surface area contributed by atoms with E-state index in [2.05, 4.69) is 5.32 Å². The average Bonchev–Trinajstić information content (AvgIpc) is 2.63.